The maximum absolute atomic E-state index is 12.8. The van der Waals surface area contributed by atoms with Gasteiger partial charge in [-0.25, -0.2) is 0 Å². The van der Waals surface area contributed by atoms with Crippen LogP contribution < -0.4 is 0 Å². The number of benzene rings is 2. The molecule has 2 saturated heterocycles. The van der Waals surface area contributed by atoms with E-state index in [1.165, 1.54) is 5.56 Å². The maximum Gasteiger partial charge on any atom is 0.253 e. The third kappa shape index (κ3) is 4.05. The number of rotatable bonds is 3. The lowest BCUT2D eigenvalue weighted by atomic mass is 9.82. The van der Waals surface area contributed by atoms with E-state index in [0.29, 0.717) is 24.8 Å². The fourth-order valence-corrected chi connectivity index (χ4v) is 4.40. The molecule has 4 heteroatoms. The number of carbonyl (C=O) groups excluding carboxylic acids is 2. The van der Waals surface area contributed by atoms with Crippen molar-refractivity contribution in [3.8, 4) is 0 Å². The van der Waals surface area contributed by atoms with Crippen LogP contribution >= 0.6 is 0 Å². The Morgan fingerprint density at radius 1 is 0.889 bits per heavy atom. The summed E-state index contributed by atoms with van der Waals surface area (Å²) >= 11 is 0. The smallest absolute Gasteiger partial charge is 0.253 e. The van der Waals surface area contributed by atoms with Gasteiger partial charge < -0.3 is 9.80 Å². The van der Waals surface area contributed by atoms with Gasteiger partial charge in [-0.3, -0.25) is 9.59 Å². The van der Waals surface area contributed by atoms with Crippen LogP contribution in [0.2, 0.25) is 0 Å². The van der Waals surface area contributed by atoms with Crippen LogP contribution in [-0.4, -0.2) is 41.2 Å². The highest BCUT2D eigenvalue weighted by Crippen LogP contribution is 2.33. The Bertz CT molecular complexity index is 791. The van der Waals surface area contributed by atoms with Crippen molar-refractivity contribution in [1.29, 1.82) is 0 Å². The van der Waals surface area contributed by atoms with Crippen molar-refractivity contribution < 1.29 is 9.59 Å². The zero-order valence-corrected chi connectivity index (χ0v) is 15.6. The van der Waals surface area contributed by atoms with E-state index >= 15 is 0 Å². The molecule has 2 atom stereocenters. The molecule has 0 bridgehead atoms. The first-order chi connectivity index (χ1) is 13.2. The van der Waals surface area contributed by atoms with E-state index < -0.39 is 0 Å². The fourth-order valence-electron chi connectivity index (χ4n) is 4.40. The molecule has 4 nitrogen and oxygen atoms in total. The van der Waals surface area contributed by atoms with Crippen molar-refractivity contribution in [3.05, 3.63) is 71.8 Å². The summed E-state index contributed by atoms with van der Waals surface area (Å²) in [6, 6.07) is 19.7. The molecule has 2 aliphatic rings. The zero-order valence-electron chi connectivity index (χ0n) is 15.6. The number of piperidine rings is 1. The number of hydrogen-bond donors (Lipinski definition) is 0. The monoisotopic (exact) mass is 362 g/mol. The summed E-state index contributed by atoms with van der Waals surface area (Å²) < 4.78 is 0. The molecule has 0 N–H and O–H groups in total. The Balaban J connectivity index is 1.41. The molecule has 2 aromatic carbocycles. The van der Waals surface area contributed by atoms with Gasteiger partial charge >= 0.3 is 0 Å². The molecule has 0 radical (unpaired) electrons. The maximum atomic E-state index is 12.8. The molecule has 0 unspecified atom stereocenters. The molecule has 0 aliphatic carbocycles. The minimum absolute atomic E-state index is 0.116. The van der Waals surface area contributed by atoms with Crippen molar-refractivity contribution in [3.63, 3.8) is 0 Å². The molecule has 0 saturated carbocycles. The minimum atomic E-state index is 0.116. The van der Waals surface area contributed by atoms with Gasteiger partial charge in [0.1, 0.15) is 0 Å². The summed E-state index contributed by atoms with van der Waals surface area (Å²) in [5, 5.41) is 0. The Morgan fingerprint density at radius 3 is 2.30 bits per heavy atom. The van der Waals surface area contributed by atoms with E-state index in [1.807, 2.05) is 58.3 Å². The van der Waals surface area contributed by atoms with Gasteiger partial charge in [0.05, 0.1) is 0 Å². The summed E-state index contributed by atoms with van der Waals surface area (Å²) in [5.41, 5.74) is 1.93. The van der Waals surface area contributed by atoms with Crippen LogP contribution in [0.3, 0.4) is 0 Å². The normalized spacial score (nSPS) is 22.9. The minimum Gasteiger partial charge on any atom is -0.338 e. The highest BCUT2D eigenvalue weighted by atomic mass is 16.2. The summed E-state index contributed by atoms with van der Waals surface area (Å²) in [6.07, 6.45) is 2.51. The fraction of sp³-hybridized carbons (Fsp3) is 0.391. The van der Waals surface area contributed by atoms with Gasteiger partial charge in [0.2, 0.25) is 5.91 Å². The first-order valence-electron chi connectivity index (χ1n) is 9.87. The number of fused-ring (bicyclic) bond motifs is 1. The second kappa shape index (κ2) is 7.95. The van der Waals surface area contributed by atoms with Gasteiger partial charge in [-0.2, -0.15) is 0 Å². The van der Waals surface area contributed by atoms with Crippen LogP contribution in [0.25, 0.3) is 0 Å². The summed E-state index contributed by atoms with van der Waals surface area (Å²) in [4.78, 5) is 29.5. The SMILES string of the molecule is O=C1C[C@@H]2CCN(C(=O)c3ccccc3)C[C@H]2CCN1Cc1ccccc1. The third-order valence-electron chi connectivity index (χ3n) is 5.97. The van der Waals surface area contributed by atoms with E-state index in [9.17, 15) is 9.59 Å². The van der Waals surface area contributed by atoms with Crippen LogP contribution in [0, 0.1) is 11.8 Å². The lowest BCUT2D eigenvalue weighted by Crippen LogP contribution is -2.43. The number of likely N-dealkylation sites (tertiary alicyclic amines) is 2. The molecule has 2 aromatic rings. The average molecular weight is 362 g/mol. The number of hydrogen-bond acceptors (Lipinski definition) is 2. The average Bonchev–Trinajstić information content (AvgIpc) is 2.87. The molecule has 4 rings (SSSR count). The first-order valence-corrected chi connectivity index (χ1v) is 9.87. The quantitative estimate of drug-likeness (QED) is 0.837. The summed E-state index contributed by atoms with van der Waals surface area (Å²) in [7, 11) is 0. The van der Waals surface area contributed by atoms with Gasteiger partial charge in [-0.15, -0.1) is 0 Å². The molecule has 0 aromatic heterocycles. The number of carbonyl (C=O) groups is 2. The summed E-state index contributed by atoms with van der Waals surface area (Å²) in [5.74, 6) is 1.19. The molecule has 2 aliphatic heterocycles. The van der Waals surface area contributed by atoms with Crippen molar-refractivity contribution in [2.75, 3.05) is 19.6 Å². The Morgan fingerprint density at radius 2 is 1.56 bits per heavy atom. The Hall–Kier alpha value is -2.62. The van der Waals surface area contributed by atoms with Crippen molar-refractivity contribution >= 4 is 11.8 Å². The third-order valence-corrected chi connectivity index (χ3v) is 5.97. The summed E-state index contributed by atoms with van der Waals surface area (Å²) in [6.45, 7) is 2.99. The van der Waals surface area contributed by atoms with Gasteiger partial charge in [-0.1, -0.05) is 48.5 Å². The highest BCUT2D eigenvalue weighted by Gasteiger charge is 2.36. The predicted octanol–water partition coefficient (Wildman–Crippen LogP) is 3.59. The van der Waals surface area contributed by atoms with E-state index in [1.54, 1.807) is 0 Å². The largest absolute Gasteiger partial charge is 0.338 e. The molecular weight excluding hydrogens is 336 g/mol. The van der Waals surface area contributed by atoms with E-state index in [2.05, 4.69) is 12.1 Å². The van der Waals surface area contributed by atoms with Crippen molar-refractivity contribution in [1.82, 2.24) is 9.80 Å². The Labute approximate surface area is 160 Å². The second-order valence-electron chi connectivity index (χ2n) is 7.72. The molecule has 0 spiro atoms. The van der Waals surface area contributed by atoms with Crippen LogP contribution in [0.1, 0.15) is 35.2 Å². The standard InChI is InChI=1S/C23H26N2O2/c26-22-15-20-11-14-25(23(27)19-9-5-2-6-10-19)17-21(20)12-13-24(22)16-18-7-3-1-4-8-18/h1-10,20-21H,11-17H2/t20-,21+/m0/s1. The molecular formula is C23H26N2O2. The van der Waals surface area contributed by atoms with E-state index in [-0.39, 0.29) is 11.8 Å². The van der Waals surface area contributed by atoms with Gasteiger partial charge in [0.15, 0.2) is 0 Å². The molecule has 2 heterocycles. The molecule has 2 amide bonds. The van der Waals surface area contributed by atoms with Gasteiger partial charge in [0, 0.05) is 38.2 Å². The van der Waals surface area contributed by atoms with Crippen LogP contribution in [0.15, 0.2) is 60.7 Å². The molecule has 2 fully saturated rings. The van der Waals surface area contributed by atoms with Gasteiger partial charge in [0.25, 0.3) is 5.91 Å². The van der Waals surface area contributed by atoms with Crippen LogP contribution in [0.4, 0.5) is 0 Å². The topological polar surface area (TPSA) is 40.6 Å². The molecule has 140 valence electrons. The lowest BCUT2D eigenvalue weighted by Gasteiger charge is -2.37. The van der Waals surface area contributed by atoms with E-state index in [0.717, 1.165) is 38.0 Å². The van der Waals surface area contributed by atoms with Gasteiger partial charge in [-0.05, 0) is 42.4 Å². The number of amides is 2. The number of nitrogens with zero attached hydrogens (tertiary/aromatic N) is 2. The van der Waals surface area contributed by atoms with E-state index in [4.69, 9.17) is 0 Å². The van der Waals surface area contributed by atoms with Crippen LogP contribution in [0.5, 0.6) is 0 Å². The van der Waals surface area contributed by atoms with Crippen LogP contribution in [-0.2, 0) is 11.3 Å². The predicted molar refractivity (Wildman–Crippen MR) is 105 cm³/mol. The van der Waals surface area contributed by atoms with Crippen molar-refractivity contribution in [2.24, 2.45) is 11.8 Å². The first kappa shape index (κ1) is 17.8. The second-order valence-corrected chi connectivity index (χ2v) is 7.72. The molecule has 27 heavy (non-hydrogen) atoms. The zero-order chi connectivity index (χ0) is 18.6. The van der Waals surface area contributed by atoms with Crippen molar-refractivity contribution in [2.45, 2.75) is 25.8 Å². The lowest BCUT2D eigenvalue weighted by molar-refractivity contribution is -0.132. The highest BCUT2D eigenvalue weighted by molar-refractivity contribution is 5.94. The Kier molecular flexibility index (Phi) is 5.23.